The van der Waals surface area contributed by atoms with Crippen molar-refractivity contribution in [1.29, 1.82) is 0 Å². The van der Waals surface area contributed by atoms with Crippen molar-refractivity contribution < 1.29 is 78.1 Å². The maximum absolute atomic E-state index is 13.6. The van der Waals surface area contributed by atoms with E-state index in [2.05, 4.69) is 3.87 Å². The molecule has 0 heterocycles. The van der Waals surface area contributed by atoms with E-state index in [0.717, 1.165) is 0 Å². The summed E-state index contributed by atoms with van der Waals surface area (Å²) in [6.45, 7) is 2.02. The number of hydrogen-bond acceptors (Lipinski definition) is 3. The molecule has 0 N–H and O–H groups in total. The minimum absolute atomic E-state index is 0.299. The summed E-state index contributed by atoms with van der Waals surface area (Å²) >= 11 is 0. The lowest BCUT2D eigenvalue weighted by Gasteiger charge is -2.42. The number of rotatable bonds is 4. The lowest BCUT2D eigenvalue weighted by Crippen LogP contribution is -2.68. The molecule has 0 aliphatic carbocycles. The van der Waals surface area contributed by atoms with Gasteiger partial charge in [-0.3, -0.25) is 3.87 Å². The minimum atomic E-state index is -7.09. The topological polar surface area (TPSA) is 43.4 Å². The average molecular weight is 660 g/mol. The molecule has 2 aromatic carbocycles. The van der Waals surface area contributed by atoms with E-state index in [1.165, 1.54) is 0 Å². The predicted octanol–water partition coefficient (Wildman–Crippen LogP) is 7.49. The Bertz CT molecular complexity index is 1250. The standard InChI is InChI=1S/C21H15F15O3SSi/c1-16(2,3)41(39-40(37,38)21(34,35)36,14-6-10(17(22,23)24)4-11(7-14)18(25,26)27)15-8-12(19(28,29)30)5-13(9-15)20(31,32)33/h4-9H,1-3H3. The fraction of sp³-hybridized carbons (Fsp3) is 0.429. The number of alkyl halides is 15. The first-order valence-corrected chi connectivity index (χ1v) is 13.8. The van der Waals surface area contributed by atoms with Crippen LogP contribution < -0.4 is 10.4 Å². The molecule has 0 aromatic heterocycles. The van der Waals surface area contributed by atoms with Gasteiger partial charge in [-0.1, -0.05) is 20.8 Å². The monoisotopic (exact) mass is 660 g/mol. The SMILES string of the molecule is CC(C)(C)[Si](OS(=O)(=O)C(F)(F)F)(c1cc(C(F)(F)F)cc(C(F)(F)F)c1)c1cc(C(F)(F)F)cc(C(F)(F)F)c1. The summed E-state index contributed by atoms with van der Waals surface area (Å²) in [6.07, 6.45) is -22.8. The van der Waals surface area contributed by atoms with Crippen LogP contribution in [0.25, 0.3) is 0 Å². The number of benzene rings is 2. The molecular weight excluding hydrogens is 645 g/mol. The van der Waals surface area contributed by atoms with Gasteiger partial charge in [0.1, 0.15) is 0 Å². The zero-order valence-electron chi connectivity index (χ0n) is 20.3. The van der Waals surface area contributed by atoms with Gasteiger partial charge in [-0.05, 0) is 51.8 Å². The van der Waals surface area contributed by atoms with Crippen molar-refractivity contribution in [3.05, 3.63) is 58.7 Å². The molecule has 0 bridgehead atoms. The second-order valence-electron chi connectivity index (χ2n) is 9.50. The Balaban J connectivity index is 3.36. The van der Waals surface area contributed by atoms with Crippen molar-refractivity contribution in [3.63, 3.8) is 0 Å². The first kappa shape index (κ1) is 34.7. The molecule has 0 atom stereocenters. The van der Waals surface area contributed by atoms with Gasteiger partial charge in [0.15, 0.2) is 0 Å². The lowest BCUT2D eigenvalue weighted by atomic mass is 10.1. The van der Waals surface area contributed by atoms with Crippen LogP contribution >= 0.6 is 0 Å². The van der Waals surface area contributed by atoms with Crippen LogP contribution in [0.4, 0.5) is 65.9 Å². The molecule has 0 saturated carbocycles. The maximum atomic E-state index is 13.6. The largest absolute Gasteiger partial charge is 0.522 e. The fourth-order valence-electron chi connectivity index (χ4n) is 3.78. The van der Waals surface area contributed by atoms with E-state index in [4.69, 9.17) is 0 Å². The molecule has 20 heteroatoms. The van der Waals surface area contributed by atoms with Crippen LogP contribution in [-0.2, 0) is 38.7 Å². The highest BCUT2D eigenvalue weighted by Crippen LogP contribution is 2.44. The van der Waals surface area contributed by atoms with Crippen LogP contribution in [0.2, 0.25) is 5.04 Å². The summed E-state index contributed by atoms with van der Waals surface area (Å²) in [5.74, 6) is 0. The Kier molecular flexibility index (Phi) is 8.52. The summed E-state index contributed by atoms with van der Waals surface area (Å²) in [6, 6.07) is -2.26. The highest BCUT2D eigenvalue weighted by Gasteiger charge is 2.60. The second-order valence-corrected chi connectivity index (χ2v) is 15.6. The third-order valence-electron chi connectivity index (χ3n) is 5.56. The van der Waals surface area contributed by atoms with Gasteiger partial charge in [-0.2, -0.15) is 74.3 Å². The van der Waals surface area contributed by atoms with E-state index in [9.17, 15) is 74.3 Å². The van der Waals surface area contributed by atoms with Crippen LogP contribution in [0.1, 0.15) is 43.0 Å². The van der Waals surface area contributed by atoms with E-state index in [1.54, 1.807) is 0 Å². The number of halogens is 15. The Morgan fingerprint density at radius 3 is 0.927 bits per heavy atom. The molecule has 2 rings (SSSR count). The Morgan fingerprint density at radius 2 is 0.756 bits per heavy atom. The van der Waals surface area contributed by atoms with Crippen LogP contribution in [-0.4, -0.2) is 22.2 Å². The summed E-state index contributed by atoms with van der Waals surface area (Å²) in [5, 5.41) is -5.79. The Hall–Kier alpha value is -2.48. The molecule has 0 spiro atoms. The molecular formula is C21H15F15O3SSi. The molecule has 0 aliphatic rings. The van der Waals surface area contributed by atoms with Gasteiger partial charge in [-0.15, -0.1) is 0 Å². The molecule has 0 unspecified atom stereocenters. The van der Waals surface area contributed by atoms with Gasteiger partial charge in [0.2, 0.25) is 0 Å². The van der Waals surface area contributed by atoms with E-state index in [0.29, 0.717) is 20.8 Å². The number of hydrogen-bond donors (Lipinski definition) is 0. The lowest BCUT2D eigenvalue weighted by molar-refractivity contribution is -0.144. The van der Waals surface area contributed by atoms with Crippen LogP contribution in [0.5, 0.6) is 0 Å². The van der Waals surface area contributed by atoms with Gasteiger partial charge < -0.3 is 0 Å². The molecule has 2 aromatic rings. The Labute approximate surface area is 222 Å². The molecule has 232 valence electrons. The summed E-state index contributed by atoms with van der Waals surface area (Å²) in [7, 11) is -13.3. The third kappa shape index (κ3) is 7.12. The van der Waals surface area contributed by atoms with Gasteiger partial charge >= 0.3 is 40.3 Å². The van der Waals surface area contributed by atoms with Gasteiger partial charge in [0.25, 0.3) is 8.32 Å². The summed E-state index contributed by atoms with van der Waals surface area (Å²) in [5.41, 5.74) is -15.5. The minimum Gasteiger partial charge on any atom is -0.296 e. The van der Waals surface area contributed by atoms with E-state index in [1.807, 2.05) is 0 Å². The highest BCUT2D eigenvalue weighted by atomic mass is 32.2. The highest BCUT2D eigenvalue weighted by molar-refractivity contribution is 7.88. The zero-order valence-corrected chi connectivity index (χ0v) is 22.1. The van der Waals surface area contributed by atoms with Crippen molar-refractivity contribution in [1.82, 2.24) is 0 Å². The first-order chi connectivity index (χ1) is 17.8. The molecule has 0 radical (unpaired) electrons. The normalized spacial score (nSPS) is 14.9. The zero-order chi connectivity index (χ0) is 32.4. The van der Waals surface area contributed by atoms with E-state index >= 15 is 0 Å². The van der Waals surface area contributed by atoms with Crippen molar-refractivity contribution in [2.75, 3.05) is 0 Å². The third-order valence-corrected chi connectivity index (χ3v) is 12.3. The summed E-state index contributed by atoms with van der Waals surface area (Å²) in [4.78, 5) is 0. The maximum Gasteiger partial charge on any atom is 0.522 e. The molecule has 0 amide bonds. The van der Waals surface area contributed by atoms with Crippen molar-refractivity contribution >= 4 is 28.8 Å². The van der Waals surface area contributed by atoms with Gasteiger partial charge in [0, 0.05) is 0 Å². The summed E-state index contributed by atoms with van der Waals surface area (Å²) < 4.78 is 232. The predicted molar refractivity (Wildman–Crippen MR) is 114 cm³/mol. The van der Waals surface area contributed by atoms with E-state index < -0.39 is 98.4 Å². The van der Waals surface area contributed by atoms with Crippen LogP contribution in [0, 0.1) is 0 Å². The first-order valence-electron chi connectivity index (χ1n) is 10.5. The van der Waals surface area contributed by atoms with Crippen molar-refractivity contribution in [2.24, 2.45) is 0 Å². The molecule has 3 nitrogen and oxygen atoms in total. The smallest absolute Gasteiger partial charge is 0.296 e. The van der Waals surface area contributed by atoms with E-state index in [-0.39, 0.29) is 24.3 Å². The van der Waals surface area contributed by atoms with Gasteiger partial charge in [-0.25, -0.2) is 0 Å². The molecule has 41 heavy (non-hydrogen) atoms. The van der Waals surface area contributed by atoms with Crippen LogP contribution in [0.3, 0.4) is 0 Å². The van der Waals surface area contributed by atoms with Crippen molar-refractivity contribution in [2.45, 2.75) is 56.0 Å². The second kappa shape index (κ2) is 10.1. The Morgan fingerprint density at radius 1 is 0.512 bits per heavy atom. The average Bonchev–Trinajstić information content (AvgIpc) is 2.72. The van der Waals surface area contributed by atoms with Gasteiger partial charge in [0.05, 0.1) is 22.3 Å². The molecule has 0 saturated heterocycles. The quantitative estimate of drug-likeness (QED) is 0.194. The molecule has 0 aliphatic heterocycles. The molecule has 0 fully saturated rings. The van der Waals surface area contributed by atoms with Crippen molar-refractivity contribution in [3.8, 4) is 0 Å². The van der Waals surface area contributed by atoms with Crippen LogP contribution in [0.15, 0.2) is 36.4 Å². The fourth-order valence-corrected chi connectivity index (χ4v) is 10.7.